The number of aryl methyl sites for hydroxylation is 3. The Balaban J connectivity index is 2.08. The molecule has 0 aliphatic heterocycles. The van der Waals surface area contributed by atoms with Crippen molar-refractivity contribution in [1.29, 1.82) is 0 Å². The lowest BCUT2D eigenvalue weighted by Crippen LogP contribution is -2.26. The Morgan fingerprint density at radius 1 is 1.56 bits per heavy atom. The van der Waals surface area contributed by atoms with E-state index in [1.165, 1.54) is 4.68 Å². The summed E-state index contributed by atoms with van der Waals surface area (Å²) in [6.45, 7) is 3.84. The van der Waals surface area contributed by atoms with Crippen molar-refractivity contribution in [3.8, 4) is 0 Å². The number of nitrogens with two attached hydrogens (primary N) is 1. The van der Waals surface area contributed by atoms with E-state index in [4.69, 9.17) is 10.3 Å². The summed E-state index contributed by atoms with van der Waals surface area (Å²) in [7, 11) is 1.68. The largest absolute Gasteiger partial charge is 0.395 e. The molecule has 96 valence electrons. The predicted molar refractivity (Wildman–Crippen MR) is 64.8 cm³/mol. The molecule has 0 spiro atoms. The third-order valence-corrected chi connectivity index (χ3v) is 2.59. The summed E-state index contributed by atoms with van der Waals surface area (Å²) in [6.07, 6.45) is 0. The highest BCUT2D eigenvalue weighted by Crippen LogP contribution is 2.15. The summed E-state index contributed by atoms with van der Waals surface area (Å²) in [5, 5.41) is 10.6. The maximum Gasteiger partial charge on any atom is 0.272 e. The van der Waals surface area contributed by atoms with E-state index in [1.807, 2.05) is 0 Å². The van der Waals surface area contributed by atoms with Crippen LogP contribution in [0.15, 0.2) is 10.6 Å². The zero-order valence-corrected chi connectivity index (χ0v) is 10.5. The van der Waals surface area contributed by atoms with Crippen molar-refractivity contribution in [2.75, 3.05) is 5.73 Å². The number of rotatable bonds is 3. The fourth-order valence-corrected chi connectivity index (χ4v) is 1.70. The first-order valence-electron chi connectivity index (χ1n) is 5.48. The topological polar surface area (TPSA) is 99.0 Å². The van der Waals surface area contributed by atoms with E-state index in [1.54, 1.807) is 27.0 Å². The highest BCUT2D eigenvalue weighted by Gasteiger charge is 2.17. The van der Waals surface area contributed by atoms with Gasteiger partial charge < -0.3 is 15.6 Å². The van der Waals surface area contributed by atoms with Crippen molar-refractivity contribution in [2.45, 2.75) is 20.4 Å². The molecule has 7 nitrogen and oxygen atoms in total. The van der Waals surface area contributed by atoms with E-state index in [-0.39, 0.29) is 5.91 Å². The molecule has 2 aromatic rings. The van der Waals surface area contributed by atoms with Crippen molar-refractivity contribution in [2.24, 2.45) is 7.05 Å². The van der Waals surface area contributed by atoms with Crippen LogP contribution in [0, 0.1) is 13.8 Å². The Kier molecular flexibility index (Phi) is 3.05. The van der Waals surface area contributed by atoms with Gasteiger partial charge in [0.15, 0.2) is 0 Å². The average Bonchev–Trinajstić information content (AvgIpc) is 2.82. The third kappa shape index (κ3) is 2.20. The minimum Gasteiger partial charge on any atom is -0.395 e. The van der Waals surface area contributed by atoms with E-state index in [9.17, 15) is 4.79 Å². The first kappa shape index (κ1) is 12.2. The lowest BCUT2D eigenvalue weighted by molar-refractivity contribution is 0.0941. The lowest BCUT2D eigenvalue weighted by Gasteiger charge is -2.04. The van der Waals surface area contributed by atoms with Crippen LogP contribution in [0.25, 0.3) is 0 Å². The SMILES string of the molecule is Cc1cc(CNC(=O)c2c(N)c(C)nn2C)no1. The number of nitrogen functional groups attached to an aromatic ring is 1. The fourth-order valence-electron chi connectivity index (χ4n) is 1.70. The van der Waals surface area contributed by atoms with Crippen LogP contribution in [0.1, 0.15) is 27.6 Å². The molecule has 18 heavy (non-hydrogen) atoms. The van der Waals surface area contributed by atoms with Gasteiger partial charge in [-0.15, -0.1) is 0 Å². The Morgan fingerprint density at radius 2 is 2.28 bits per heavy atom. The number of hydrogen-bond donors (Lipinski definition) is 2. The first-order chi connectivity index (χ1) is 8.49. The van der Waals surface area contributed by atoms with Gasteiger partial charge in [0, 0.05) is 13.1 Å². The highest BCUT2D eigenvalue weighted by molar-refractivity contribution is 5.97. The first-order valence-corrected chi connectivity index (χ1v) is 5.48. The van der Waals surface area contributed by atoms with Gasteiger partial charge in [0.1, 0.15) is 17.1 Å². The Bertz CT molecular complexity index is 584. The Hall–Kier alpha value is -2.31. The molecule has 0 radical (unpaired) electrons. The molecule has 0 saturated carbocycles. The van der Waals surface area contributed by atoms with Gasteiger partial charge >= 0.3 is 0 Å². The van der Waals surface area contributed by atoms with Gasteiger partial charge in [-0.25, -0.2) is 0 Å². The number of carbonyl (C=O) groups is 1. The van der Waals surface area contributed by atoms with Gasteiger partial charge in [-0.3, -0.25) is 9.48 Å². The third-order valence-electron chi connectivity index (χ3n) is 2.59. The van der Waals surface area contributed by atoms with E-state index in [0.29, 0.717) is 35.1 Å². The number of amides is 1. The van der Waals surface area contributed by atoms with Crippen LogP contribution in [0.4, 0.5) is 5.69 Å². The summed E-state index contributed by atoms with van der Waals surface area (Å²) in [5.74, 6) is 0.423. The molecule has 0 aliphatic rings. The molecule has 2 aromatic heterocycles. The number of aromatic nitrogens is 3. The van der Waals surface area contributed by atoms with Crippen molar-refractivity contribution in [3.05, 3.63) is 28.9 Å². The normalized spacial score (nSPS) is 10.6. The Labute approximate surface area is 104 Å². The van der Waals surface area contributed by atoms with Crippen LogP contribution >= 0.6 is 0 Å². The van der Waals surface area contributed by atoms with Crippen molar-refractivity contribution in [1.82, 2.24) is 20.3 Å². The van der Waals surface area contributed by atoms with E-state index < -0.39 is 0 Å². The summed E-state index contributed by atoms with van der Waals surface area (Å²) < 4.78 is 6.38. The van der Waals surface area contributed by atoms with Gasteiger partial charge in [-0.1, -0.05) is 5.16 Å². The number of nitrogens with one attached hydrogen (secondary N) is 1. The van der Waals surface area contributed by atoms with E-state index in [2.05, 4.69) is 15.6 Å². The molecule has 3 N–H and O–H groups in total. The van der Waals surface area contributed by atoms with Crippen LogP contribution in [-0.2, 0) is 13.6 Å². The smallest absolute Gasteiger partial charge is 0.272 e. The van der Waals surface area contributed by atoms with Crippen LogP contribution in [0.2, 0.25) is 0 Å². The molecule has 0 aromatic carbocycles. The minimum absolute atomic E-state index is 0.281. The molecular formula is C11H15N5O2. The molecule has 7 heteroatoms. The van der Waals surface area contributed by atoms with E-state index in [0.717, 1.165) is 0 Å². The monoisotopic (exact) mass is 249 g/mol. The standard InChI is InChI=1S/C11H15N5O2/c1-6-4-8(15-18-6)5-13-11(17)10-9(12)7(2)14-16(10)3/h4H,5,12H2,1-3H3,(H,13,17). The van der Waals surface area contributed by atoms with Gasteiger partial charge in [-0.05, 0) is 13.8 Å². The number of anilines is 1. The molecule has 2 heterocycles. The van der Waals surface area contributed by atoms with Gasteiger partial charge in [0.05, 0.1) is 17.9 Å². The summed E-state index contributed by atoms with van der Waals surface area (Å²) in [6, 6.07) is 1.76. The molecule has 0 bridgehead atoms. The molecule has 1 amide bonds. The average molecular weight is 249 g/mol. The quantitative estimate of drug-likeness (QED) is 0.827. The number of carbonyl (C=O) groups excluding carboxylic acids is 1. The summed E-state index contributed by atoms with van der Waals surface area (Å²) >= 11 is 0. The second-order valence-electron chi connectivity index (χ2n) is 4.08. The van der Waals surface area contributed by atoms with Gasteiger partial charge in [-0.2, -0.15) is 5.10 Å². The summed E-state index contributed by atoms with van der Waals surface area (Å²) in [5.41, 5.74) is 7.85. The van der Waals surface area contributed by atoms with E-state index >= 15 is 0 Å². The molecule has 0 atom stereocenters. The van der Waals surface area contributed by atoms with Crippen LogP contribution < -0.4 is 11.1 Å². The van der Waals surface area contributed by atoms with Crippen molar-refractivity contribution in [3.63, 3.8) is 0 Å². The Morgan fingerprint density at radius 3 is 2.78 bits per heavy atom. The van der Waals surface area contributed by atoms with Crippen LogP contribution in [-0.4, -0.2) is 20.8 Å². The number of nitrogens with zero attached hydrogens (tertiary/aromatic N) is 3. The summed E-state index contributed by atoms with van der Waals surface area (Å²) in [4.78, 5) is 12.0. The molecule has 0 fully saturated rings. The molecule has 0 aliphatic carbocycles. The molecule has 0 saturated heterocycles. The minimum atomic E-state index is -0.281. The van der Waals surface area contributed by atoms with Crippen molar-refractivity contribution >= 4 is 11.6 Å². The van der Waals surface area contributed by atoms with Gasteiger partial charge in [0.25, 0.3) is 5.91 Å². The second kappa shape index (κ2) is 4.52. The van der Waals surface area contributed by atoms with Crippen molar-refractivity contribution < 1.29 is 9.32 Å². The fraction of sp³-hybridized carbons (Fsp3) is 0.364. The lowest BCUT2D eigenvalue weighted by atomic mass is 10.3. The maximum atomic E-state index is 12.0. The number of hydrogen-bond acceptors (Lipinski definition) is 5. The van der Waals surface area contributed by atoms with Gasteiger partial charge in [0.2, 0.25) is 0 Å². The maximum absolute atomic E-state index is 12.0. The zero-order valence-electron chi connectivity index (χ0n) is 10.5. The molecule has 0 unspecified atom stereocenters. The van der Waals surface area contributed by atoms with Crippen LogP contribution in [0.3, 0.4) is 0 Å². The van der Waals surface area contributed by atoms with Crippen LogP contribution in [0.5, 0.6) is 0 Å². The molecular weight excluding hydrogens is 234 g/mol. The second-order valence-corrected chi connectivity index (χ2v) is 4.08. The zero-order chi connectivity index (χ0) is 13.3. The molecule has 2 rings (SSSR count). The highest BCUT2D eigenvalue weighted by atomic mass is 16.5. The predicted octanol–water partition coefficient (Wildman–Crippen LogP) is 0.537.